The number of nitrogens with one attached hydrogen (secondary N) is 1. The third-order valence-electron chi connectivity index (χ3n) is 3.58. The quantitative estimate of drug-likeness (QED) is 0.827. The van der Waals surface area contributed by atoms with E-state index in [-0.39, 0.29) is 0 Å². The molecule has 0 aromatic carbocycles. The fourth-order valence-electron chi connectivity index (χ4n) is 2.48. The van der Waals surface area contributed by atoms with E-state index in [1.165, 1.54) is 16.7 Å². The van der Waals surface area contributed by atoms with Crippen molar-refractivity contribution in [3.8, 4) is 0 Å². The van der Waals surface area contributed by atoms with Crippen LogP contribution in [0.5, 0.6) is 0 Å². The SMILES string of the molecule is CC1=CCCC=C(Cc2c[nH]c3ncc(Cl)cc23)C=C1. The summed E-state index contributed by atoms with van der Waals surface area (Å²) < 4.78 is 0. The molecule has 2 heterocycles. The summed E-state index contributed by atoms with van der Waals surface area (Å²) in [6.45, 7) is 2.15. The number of halogens is 1. The molecular weight excluding hydrogens is 268 g/mol. The molecule has 1 N–H and O–H groups in total. The van der Waals surface area contributed by atoms with Gasteiger partial charge in [-0.3, -0.25) is 0 Å². The second-order valence-corrected chi connectivity index (χ2v) is 5.61. The van der Waals surface area contributed by atoms with Gasteiger partial charge < -0.3 is 4.98 Å². The molecule has 0 saturated carbocycles. The molecule has 0 bridgehead atoms. The van der Waals surface area contributed by atoms with Gasteiger partial charge >= 0.3 is 0 Å². The first-order valence-electron chi connectivity index (χ1n) is 6.88. The van der Waals surface area contributed by atoms with Crippen LogP contribution in [0.4, 0.5) is 0 Å². The lowest BCUT2D eigenvalue weighted by molar-refractivity contribution is 1.01. The van der Waals surface area contributed by atoms with E-state index in [4.69, 9.17) is 11.6 Å². The van der Waals surface area contributed by atoms with E-state index in [1.807, 2.05) is 12.3 Å². The molecule has 20 heavy (non-hydrogen) atoms. The Morgan fingerprint density at radius 1 is 1.25 bits per heavy atom. The highest BCUT2D eigenvalue weighted by molar-refractivity contribution is 6.31. The average Bonchev–Trinajstić information content (AvgIpc) is 2.80. The van der Waals surface area contributed by atoms with Crippen LogP contribution in [0, 0.1) is 0 Å². The van der Waals surface area contributed by atoms with Crippen LogP contribution in [0.2, 0.25) is 5.02 Å². The molecule has 2 aromatic heterocycles. The molecule has 0 fully saturated rings. The molecule has 0 unspecified atom stereocenters. The Bertz CT molecular complexity index is 720. The van der Waals surface area contributed by atoms with E-state index in [1.54, 1.807) is 6.20 Å². The first-order valence-corrected chi connectivity index (χ1v) is 7.25. The molecule has 0 aliphatic heterocycles. The van der Waals surface area contributed by atoms with Gasteiger partial charge in [-0.25, -0.2) is 4.98 Å². The molecule has 0 amide bonds. The minimum absolute atomic E-state index is 0.680. The first-order chi connectivity index (χ1) is 9.72. The summed E-state index contributed by atoms with van der Waals surface area (Å²) >= 11 is 6.04. The van der Waals surface area contributed by atoms with Crippen molar-refractivity contribution in [1.29, 1.82) is 0 Å². The molecule has 3 rings (SSSR count). The number of allylic oxidation sites excluding steroid dienone is 6. The largest absolute Gasteiger partial charge is 0.346 e. The highest BCUT2D eigenvalue weighted by Gasteiger charge is 2.07. The smallest absolute Gasteiger partial charge is 0.137 e. The number of pyridine rings is 1. The third kappa shape index (κ3) is 2.86. The topological polar surface area (TPSA) is 28.7 Å². The zero-order valence-corrected chi connectivity index (χ0v) is 12.2. The molecule has 0 radical (unpaired) electrons. The summed E-state index contributed by atoms with van der Waals surface area (Å²) in [6, 6.07) is 1.98. The van der Waals surface area contributed by atoms with Crippen LogP contribution < -0.4 is 0 Å². The van der Waals surface area contributed by atoms with Crippen molar-refractivity contribution in [3.05, 3.63) is 64.5 Å². The fraction of sp³-hybridized carbons (Fsp3) is 0.235. The minimum Gasteiger partial charge on any atom is -0.346 e. The number of rotatable bonds is 2. The Morgan fingerprint density at radius 2 is 2.10 bits per heavy atom. The Hall–Kier alpha value is -1.80. The summed E-state index contributed by atoms with van der Waals surface area (Å²) in [5.41, 5.74) is 4.82. The second kappa shape index (κ2) is 5.68. The van der Waals surface area contributed by atoms with Gasteiger partial charge in [0.1, 0.15) is 5.65 Å². The minimum atomic E-state index is 0.680. The maximum Gasteiger partial charge on any atom is 0.137 e. The van der Waals surface area contributed by atoms with E-state index in [0.29, 0.717) is 5.02 Å². The summed E-state index contributed by atoms with van der Waals surface area (Å²) in [4.78, 5) is 7.52. The highest BCUT2D eigenvalue weighted by Crippen LogP contribution is 2.23. The second-order valence-electron chi connectivity index (χ2n) is 5.18. The lowest BCUT2D eigenvalue weighted by atomic mass is 10.0. The van der Waals surface area contributed by atoms with E-state index in [0.717, 1.165) is 30.3 Å². The molecule has 2 aromatic rings. The molecule has 102 valence electrons. The number of hydrogen-bond donors (Lipinski definition) is 1. The standard InChI is InChI=1S/C17H17ClN2/c1-12-4-2-3-5-13(7-6-12)8-14-10-19-17-16(14)9-15(18)11-20-17/h4-7,9-11H,2-3,8H2,1H3,(H,19,20). The Balaban J connectivity index is 1.91. The van der Waals surface area contributed by atoms with Crippen molar-refractivity contribution in [2.24, 2.45) is 0 Å². The molecule has 2 nitrogen and oxygen atoms in total. The maximum absolute atomic E-state index is 6.04. The fourth-order valence-corrected chi connectivity index (χ4v) is 2.64. The van der Waals surface area contributed by atoms with Gasteiger partial charge in [-0.2, -0.15) is 0 Å². The monoisotopic (exact) mass is 284 g/mol. The van der Waals surface area contributed by atoms with Crippen LogP contribution in [-0.4, -0.2) is 9.97 Å². The van der Waals surface area contributed by atoms with Crippen molar-refractivity contribution in [2.75, 3.05) is 0 Å². The zero-order valence-electron chi connectivity index (χ0n) is 11.5. The zero-order chi connectivity index (χ0) is 13.9. The normalized spacial score (nSPS) is 15.7. The maximum atomic E-state index is 6.04. The van der Waals surface area contributed by atoms with Crippen LogP contribution in [-0.2, 0) is 6.42 Å². The van der Waals surface area contributed by atoms with Gasteiger partial charge in [-0.05, 0) is 43.4 Å². The van der Waals surface area contributed by atoms with Crippen LogP contribution in [0.25, 0.3) is 11.0 Å². The predicted molar refractivity (Wildman–Crippen MR) is 85.0 cm³/mol. The van der Waals surface area contributed by atoms with Crippen LogP contribution in [0.15, 0.2) is 53.9 Å². The number of H-pyrrole nitrogens is 1. The lowest BCUT2D eigenvalue weighted by Gasteiger charge is -2.05. The van der Waals surface area contributed by atoms with Crippen molar-refractivity contribution < 1.29 is 0 Å². The van der Waals surface area contributed by atoms with Gasteiger partial charge in [0.15, 0.2) is 0 Å². The van der Waals surface area contributed by atoms with Gasteiger partial charge in [0.25, 0.3) is 0 Å². The van der Waals surface area contributed by atoms with E-state index < -0.39 is 0 Å². The van der Waals surface area contributed by atoms with E-state index in [9.17, 15) is 0 Å². The van der Waals surface area contributed by atoms with Crippen LogP contribution >= 0.6 is 11.6 Å². The van der Waals surface area contributed by atoms with Crippen molar-refractivity contribution >= 4 is 22.6 Å². The van der Waals surface area contributed by atoms with Gasteiger partial charge in [0, 0.05) is 17.8 Å². The Labute approximate surface area is 123 Å². The van der Waals surface area contributed by atoms with Gasteiger partial charge in [0.05, 0.1) is 5.02 Å². The Morgan fingerprint density at radius 3 is 3.00 bits per heavy atom. The highest BCUT2D eigenvalue weighted by atomic mass is 35.5. The predicted octanol–water partition coefficient (Wildman–Crippen LogP) is 4.98. The summed E-state index contributed by atoms with van der Waals surface area (Å²) in [6.07, 6.45) is 15.8. The van der Waals surface area contributed by atoms with Crippen molar-refractivity contribution in [2.45, 2.75) is 26.2 Å². The average molecular weight is 285 g/mol. The molecule has 0 saturated heterocycles. The molecule has 0 spiro atoms. The summed E-state index contributed by atoms with van der Waals surface area (Å²) in [7, 11) is 0. The van der Waals surface area contributed by atoms with E-state index in [2.05, 4.69) is 41.2 Å². The number of nitrogens with zero attached hydrogens (tertiary/aromatic N) is 1. The molecular formula is C17H17ClN2. The van der Waals surface area contributed by atoms with E-state index >= 15 is 0 Å². The molecule has 1 aliphatic carbocycles. The summed E-state index contributed by atoms with van der Waals surface area (Å²) in [5.74, 6) is 0. The third-order valence-corrected chi connectivity index (χ3v) is 3.78. The number of fused-ring (bicyclic) bond motifs is 1. The van der Waals surface area contributed by atoms with Crippen molar-refractivity contribution in [1.82, 2.24) is 9.97 Å². The molecule has 0 atom stereocenters. The summed E-state index contributed by atoms with van der Waals surface area (Å²) in [5, 5.41) is 1.79. The first kappa shape index (κ1) is 13.2. The van der Waals surface area contributed by atoms with Gasteiger partial charge in [-0.15, -0.1) is 0 Å². The number of hydrogen-bond acceptors (Lipinski definition) is 1. The Kier molecular flexibility index (Phi) is 3.75. The number of aromatic nitrogens is 2. The molecule has 3 heteroatoms. The van der Waals surface area contributed by atoms with Crippen molar-refractivity contribution in [3.63, 3.8) is 0 Å². The van der Waals surface area contributed by atoms with Crippen LogP contribution in [0.1, 0.15) is 25.3 Å². The van der Waals surface area contributed by atoms with Gasteiger partial charge in [-0.1, -0.05) is 41.5 Å². The van der Waals surface area contributed by atoms with Crippen LogP contribution in [0.3, 0.4) is 0 Å². The lowest BCUT2D eigenvalue weighted by Crippen LogP contribution is -1.89. The van der Waals surface area contributed by atoms with Gasteiger partial charge in [0.2, 0.25) is 0 Å². The number of aromatic amines is 1. The molecule has 1 aliphatic rings.